The van der Waals surface area contributed by atoms with E-state index in [1.165, 1.54) is 4.57 Å². The van der Waals surface area contributed by atoms with Crippen LogP contribution in [0.25, 0.3) is 16.7 Å². The van der Waals surface area contributed by atoms with Crippen LogP contribution in [0.5, 0.6) is 5.75 Å². The lowest BCUT2D eigenvalue weighted by molar-refractivity contribution is -0.145. The summed E-state index contributed by atoms with van der Waals surface area (Å²) < 4.78 is 14.0. The van der Waals surface area contributed by atoms with Crippen LogP contribution in [-0.2, 0) is 23.2 Å². The molecule has 0 fully saturated rings. The lowest BCUT2D eigenvalue weighted by Gasteiger charge is -2.09. The van der Waals surface area contributed by atoms with Gasteiger partial charge >= 0.3 is 5.97 Å². The van der Waals surface area contributed by atoms with E-state index in [2.05, 4.69) is 10.2 Å². The monoisotopic (exact) mass is 462 g/mol. The van der Waals surface area contributed by atoms with Crippen molar-refractivity contribution in [2.75, 3.05) is 6.61 Å². The number of fused-ring (bicyclic) bond motifs is 3. The standard InChI is InChI=1S/C25H26N4O5/c1-4-13-33-18-8-6-17(7-9-18)21(30)11-12-23(31)34-15-22-26-27-25-28(3)24(32)19-14-16(2)5-10-20(19)29(22)25/h5-10,14H,4,11-13,15H2,1-3H3. The largest absolute Gasteiger partial charge is 0.494 e. The molecule has 0 saturated carbocycles. The number of hydrogen-bond acceptors (Lipinski definition) is 7. The number of carbonyl (C=O) groups is 2. The van der Waals surface area contributed by atoms with Crippen LogP contribution in [0.3, 0.4) is 0 Å². The minimum Gasteiger partial charge on any atom is -0.494 e. The van der Waals surface area contributed by atoms with E-state index in [0.29, 0.717) is 40.4 Å². The predicted molar refractivity (Wildman–Crippen MR) is 126 cm³/mol. The number of rotatable bonds is 9. The first kappa shape index (κ1) is 23.2. The summed E-state index contributed by atoms with van der Waals surface area (Å²) in [6.45, 7) is 4.42. The number of esters is 1. The molecule has 4 aromatic rings. The van der Waals surface area contributed by atoms with Gasteiger partial charge in [0, 0.05) is 19.0 Å². The van der Waals surface area contributed by atoms with Crippen molar-refractivity contribution in [2.24, 2.45) is 7.05 Å². The van der Waals surface area contributed by atoms with E-state index in [-0.39, 0.29) is 30.8 Å². The van der Waals surface area contributed by atoms with Gasteiger partial charge in [-0.25, -0.2) is 0 Å². The zero-order valence-electron chi connectivity index (χ0n) is 19.4. The highest BCUT2D eigenvalue weighted by Gasteiger charge is 2.17. The molecule has 0 aliphatic heterocycles. The molecule has 0 aliphatic carbocycles. The van der Waals surface area contributed by atoms with Gasteiger partial charge in [0.2, 0.25) is 5.78 Å². The molecule has 0 bridgehead atoms. The summed E-state index contributed by atoms with van der Waals surface area (Å²) >= 11 is 0. The van der Waals surface area contributed by atoms with Crippen molar-refractivity contribution >= 4 is 28.4 Å². The summed E-state index contributed by atoms with van der Waals surface area (Å²) in [6.07, 6.45) is 0.884. The maximum absolute atomic E-state index is 12.7. The molecule has 0 amide bonds. The topological polar surface area (TPSA) is 105 Å². The zero-order chi connectivity index (χ0) is 24.2. The molecule has 0 aliphatic rings. The molecular weight excluding hydrogens is 436 g/mol. The average molecular weight is 463 g/mol. The number of ether oxygens (including phenoxy) is 2. The molecule has 0 N–H and O–H groups in total. The van der Waals surface area contributed by atoms with Crippen molar-refractivity contribution in [1.29, 1.82) is 0 Å². The van der Waals surface area contributed by atoms with Gasteiger partial charge in [-0.15, -0.1) is 10.2 Å². The summed E-state index contributed by atoms with van der Waals surface area (Å²) in [5.41, 5.74) is 1.94. The maximum atomic E-state index is 12.7. The third-order valence-corrected chi connectivity index (χ3v) is 5.51. The number of ketones is 1. The van der Waals surface area contributed by atoms with Crippen molar-refractivity contribution < 1.29 is 19.1 Å². The van der Waals surface area contributed by atoms with Crippen molar-refractivity contribution in [1.82, 2.24) is 19.2 Å². The second-order valence-electron chi connectivity index (χ2n) is 8.09. The van der Waals surface area contributed by atoms with E-state index in [1.807, 2.05) is 26.0 Å². The molecule has 34 heavy (non-hydrogen) atoms. The van der Waals surface area contributed by atoms with Crippen LogP contribution in [0, 0.1) is 6.92 Å². The molecule has 2 heterocycles. The summed E-state index contributed by atoms with van der Waals surface area (Å²) in [4.78, 5) is 37.4. The van der Waals surface area contributed by atoms with Crippen LogP contribution >= 0.6 is 0 Å². The molecule has 0 atom stereocenters. The van der Waals surface area contributed by atoms with Crippen molar-refractivity contribution in [2.45, 2.75) is 39.7 Å². The number of carbonyl (C=O) groups excluding carboxylic acids is 2. The quantitative estimate of drug-likeness (QED) is 0.277. The lowest BCUT2D eigenvalue weighted by atomic mass is 10.1. The van der Waals surface area contributed by atoms with Crippen LogP contribution in [0.1, 0.15) is 47.9 Å². The van der Waals surface area contributed by atoms with E-state index >= 15 is 0 Å². The van der Waals surface area contributed by atoms with E-state index in [0.717, 1.165) is 12.0 Å². The second-order valence-corrected chi connectivity index (χ2v) is 8.09. The molecule has 0 unspecified atom stereocenters. The Morgan fingerprint density at radius 2 is 1.79 bits per heavy atom. The van der Waals surface area contributed by atoms with Crippen molar-refractivity contribution in [3.63, 3.8) is 0 Å². The summed E-state index contributed by atoms with van der Waals surface area (Å²) in [6, 6.07) is 12.4. The molecule has 9 nitrogen and oxygen atoms in total. The number of aromatic nitrogens is 4. The third kappa shape index (κ3) is 4.68. The molecular formula is C25H26N4O5. The zero-order valence-corrected chi connectivity index (χ0v) is 19.4. The highest BCUT2D eigenvalue weighted by atomic mass is 16.5. The Morgan fingerprint density at radius 1 is 1.03 bits per heavy atom. The minimum atomic E-state index is -0.516. The van der Waals surface area contributed by atoms with Gasteiger partial charge < -0.3 is 9.47 Å². The maximum Gasteiger partial charge on any atom is 0.306 e. The first-order valence-corrected chi connectivity index (χ1v) is 11.1. The third-order valence-electron chi connectivity index (χ3n) is 5.51. The van der Waals surface area contributed by atoms with Gasteiger partial charge in [0.1, 0.15) is 5.75 Å². The average Bonchev–Trinajstić information content (AvgIpc) is 3.27. The first-order chi connectivity index (χ1) is 16.4. The first-order valence-electron chi connectivity index (χ1n) is 11.1. The molecule has 176 valence electrons. The molecule has 0 radical (unpaired) electrons. The van der Waals surface area contributed by atoms with Crippen LogP contribution in [0.4, 0.5) is 0 Å². The summed E-state index contributed by atoms with van der Waals surface area (Å²) in [5, 5.41) is 8.73. The molecule has 2 aromatic carbocycles. The number of Topliss-reactive ketones (excluding diaryl/α,β-unsaturated/α-hetero) is 1. The Balaban J connectivity index is 1.41. The van der Waals surface area contributed by atoms with Gasteiger partial charge in [-0.05, 0) is 49.7 Å². The SMILES string of the molecule is CCCOc1ccc(C(=O)CCC(=O)OCc2nnc3n(C)c(=O)c4cc(C)ccc4n23)cc1. The van der Waals surface area contributed by atoms with Gasteiger partial charge in [-0.1, -0.05) is 18.6 Å². The minimum absolute atomic E-state index is 0.0330. The Labute approximate surface area is 195 Å². The van der Waals surface area contributed by atoms with Gasteiger partial charge in [0.15, 0.2) is 18.2 Å². The predicted octanol–water partition coefficient (Wildman–Crippen LogP) is 3.38. The summed E-state index contributed by atoms with van der Waals surface area (Å²) in [5.74, 6) is 0.788. The second kappa shape index (κ2) is 9.86. The molecule has 9 heteroatoms. The highest BCUT2D eigenvalue weighted by Crippen LogP contribution is 2.17. The van der Waals surface area contributed by atoms with Crippen molar-refractivity contribution in [3.8, 4) is 5.75 Å². The Morgan fingerprint density at radius 3 is 2.53 bits per heavy atom. The smallest absolute Gasteiger partial charge is 0.306 e. The van der Waals surface area contributed by atoms with Crippen LogP contribution in [-0.4, -0.2) is 37.5 Å². The highest BCUT2D eigenvalue weighted by molar-refractivity contribution is 5.97. The Kier molecular flexibility index (Phi) is 6.72. The Hall–Kier alpha value is -4.01. The fraction of sp³-hybridized carbons (Fsp3) is 0.320. The molecule has 0 saturated heterocycles. The van der Waals surface area contributed by atoms with Gasteiger partial charge in [0.25, 0.3) is 5.56 Å². The van der Waals surface area contributed by atoms with E-state index < -0.39 is 5.97 Å². The fourth-order valence-corrected chi connectivity index (χ4v) is 3.69. The van der Waals surface area contributed by atoms with Crippen LogP contribution in [0.15, 0.2) is 47.3 Å². The number of hydrogen-bond donors (Lipinski definition) is 0. The van der Waals surface area contributed by atoms with Gasteiger partial charge in [-0.3, -0.25) is 23.4 Å². The van der Waals surface area contributed by atoms with Crippen molar-refractivity contribution in [3.05, 3.63) is 69.8 Å². The number of nitrogens with zero attached hydrogens (tertiary/aromatic N) is 4. The Bertz CT molecular complexity index is 1420. The molecule has 4 rings (SSSR count). The number of aryl methyl sites for hydroxylation is 2. The van der Waals surface area contributed by atoms with Crippen LogP contribution in [0.2, 0.25) is 0 Å². The van der Waals surface area contributed by atoms with Crippen LogP contribution < -0.4 is 10.3 Å². The summed E-state index contributed by atoms with van der Waals surface area (Å²) in [7, 11) is 1.62. The van der Waals surface area contributed by atoms with E-state index in [4.69, 9.17) is 9.47 Å². The molecule has 0 spiro atoms. The lowest BCUT2D eigenvalue weighted by Crippen LogP contribution is -2.20. The van der Waals surface area contributed by atoms with E-state index in [9.17, 15) is 14.4 Å². The van der Waals surface area contributed by atoms with Gasteiger partial charge in [-0.2, -0.15) is 0 Å². The molecule has 2 aromatic heterocycles. The van der Waals surface area contributed by atoms with Gasteiger partial charge in [0.05, 0.1) is 23.9 Å². The number of benzene rings is 2. The fourth-order valence-electron chi connectivity index (χ4n) is 3.69. The normalized spacial score (nSPS) is 11.1. The van der Waals surface area contributed by atoms with E-state index in [1.54, 1.807) is 41.8 Å².